The maximum atomic E-state index is 14.2. The summed E-state index contributed by atoms with van der Waals surface area (Å²) in [5, 5.41) is 3.61. The van der Waals surface area contributed by atoms with E-state index < -0.39 is 28.5 Å². The highest BCUT2D eigenvalue weighted by Crippen LogP contribution is 2.29. The SMILES string of the molecule is CCCCNC(=O)C(CC)N(Cc1c(Cl)cccc1Cl)C(=O)CN(c1cc(C)cc(C)c1)S(=O)(=O)c1ccc(C)cc1. The van der Waals surface area contributed by atoms with Crippen LogP contribution in [0.2, 0.25) is 10.0 Å². The van der Waals surface area contributed by atoms with Crippen molar-refractivity contribution in [1.29, 1.82) is 0 Å². The van der Waals surface area contributed by atoms with E-state index in [0.717, 1.165) is 33.8 Å². The molecule has 226 valence electrons. The minimum Gasteiger partial charge on any atom is -0.354 e. The van der Waals surface area contributed by atoms with Crippen LogP contribution in [0.1, 0.15) is 55.4 Å². The van der Waals surface area contributed by atoms with Gasteiger partial charge in [-0.25, -0.2) is 8.42 Å². The Morgan fingerprint density at radius 1 is 0.881 bits per heavy atom. The number of amides is 2. The third kappa shape index (κ3) is 8.27. The van der Waals surface area contributed by atoms with Crippen LogP contribution in [0.5, 0.6) is 0 Å². The van der Waals surface area contributed by atoms with E-state index in [9.17, 15) is 18.0 Å². The van der Waals surface area contributed by atoms with Gasteiger partial charge in [0.1, 0.15) is 12.6 Å². The second kappa shape index (κ2) is 14.9. The summed E-state index contributed by atoms with van der Waals surface area (Å²) in [4.78, 5) is 29.0. The number of nitrogens with one attached hydrogen (secondary N) is 1. The number of aryl methyl sites for hydroxylation is 3. The van der Waals surface area contributed by atoms with Gasteiger partial charge in [-0.2, -0.15) is 0 Å². The largest absolute Gasteiger partial charge is 0.354 e. The molecule has 0 radical (unpaired) electrons. The van der Waals surface area contributed by atoms with E-state index in [1.54, 1.807) is 42.5 Å². The van der Waals surface area contributed by atoms with E-state index in [1.165, 1.54) is 17.0 Å². The van der Waals surface area contributed by atoms with E-state index in [-0.39, 0.29) is 17.3 Å². The van der Waals surface area contributed by atoms with Crippen molar-refractivity contribution in [3.8, 4) is 0 Å². The van der Waals surface area contributed by atoms with Crippen LogP contribution in [0.4, 0.5) is 5.69 Å². The molecule has 7 nitrogen and oxygen atoms in total. The van der Waals surface area contributed by atoms with Crippen LogP contribution in [0.3, 0.4) is 0 Å². The lowest BCUT2D eigenvalue weighted by Crippen LogP contribution is -2.52. The molecule has 1 unspecified atom stereocenters. The third-order valence-electron chi connectivity index (χ3n) is 6.99. The first kappa shape index (κ1) is 33.4. The molecule has 10 heteroatoms. The number of anilines is 1. The molecule has 0 saturated carbocycles. The van der Waals surface area contributed by atoms with Crippen LogP contribution >= 0.6 is 23.2 Å². The van der Waals surface area contributed by atoms with Gasteiger partial charge in [0, 0.05) is 28.7 Å². The number of hydrogen-bond acceptors (Lipinski definition) is 4. The normalized spacial score (nSPS) is 12.1. The molecule has 0 bridgehead atoms. The van der Waals surface area contributed by atoms with Crippen molar-refractivity contribution in [2.75, 3.05) is 17.4 Å². The van der Waals surface area contributed by atoms with E-state index in [2.05, 4.69) is 5.32 Å². The predicted molar refractivity (Wildman–Crippen MR) is 171 cm³/mol. The fourth-order valence-electron chi connectivity index (χ4n) is 4.74. The highest BCUT2D eigenvalue weighted by atomic mass is 35.5. The zero-order chi connectivity index (χ0) is 31.0. The number of benzene rings is 3. The lowest BCUT2D eigenvalue weighted by atomic mass is 10.1. The number of sulfonamides is 1. The average molecular weight is 633 g/mol. The summed E-state index contributed by atoms with van der Waals surface area (Å²) < 4.78 is 29.3. The Hall–Kier alpha value is -3.07. The maximum Gasteiger partial charge on any atom is 0.264 e. The minimum atomic E-state index is -4.16. The number of carbonyl (C=O) groups is 2. The number of unbranched alkanes of at least 4 members (excludes halogenated alkanes) is 1. The summed E-state index contributed by atoms with van der Waals surface area (Å²) in [5.41, 5.74) is 3.45. The Labute approximate surface area is 259 Å². The van der Waals surface area contributed by atoms with Gasteiger partial charge in [0.25, 0.3) is 10.0 Å². The van der Waals surface area contributed by atoms with Crippen LogP contribution < -0.4 is 9.62 Å². The van der Waals surface area contributed by atoms with Crippen LogP contribution in [0.15, 0.2) is 65.6 Å². The summed E-state index contributed by atoms with van der Waals surface area (Å²) >= 11 is 13.0. The van der Waals surface area contributed by atoms with Gasteiger partial charge in [0.2, 0.25) is 11.8 Å². The molecule has 3 rings (SSSR count). The molecule has 0 fully saturated rings. The molecule has 0 heterocycles. The third-order valence-corrected chi connectivity index (χ3v) is 9.48. The molecule has 0 aliphatic heterocycles. The molecular weight excluding hydrogens is 593 g/mol. The van der Waals surface area contributed by atoms with Gasteiger partial charge in [-0.15, -0.1) is 0 Å². The zero-order valence-electron chi connectivity index (χ0n) is 24.8. The van der Waals surface area contributed by atoms with E-state index in [1.807, 2.05) is 40.7 Å². The molecule has 3 aromatic carbocycles. The number of nitrogens with zero attached hydrogens (tertiary/aromatic N) is 2. The number of halogens is 2. The quantitative estimate of drug-likeness (QED) is 0.209. The van der Waals surface area contributed by atoms with Crippen LogP contribution in [0.25, 0.3) is 0 Å². The van der Waals surface area contributed by atoms with Gasteiger partial charge in [-0.3, -0.25) is 13.9 Å². The molecule has 0 saturated heterocycles. The first-order chi connectivity index (χ1) is 19.9. The van der Waals surface area contributed by atoms with Gasteiger partial charge in [0.05, 0.1) is 10.6 Å². The minimum absolute atomic E-state index is 0.0603. The first-order valence-corrected chi connectivity index (χ1v) is 16.3. The van der Waals surface area contributed by atoms with Gasteiger partial charge in [-0.05, 0) is 81.1 Å². The zero-order valence-corrected chi connectivity index (χ0v) is 27.1. The van der Waals surface area contributed by atoms with Gasteiger partial charge >= 0.3 is 0 Å². The standard InChI is InChI=1S/C32H39Cl2N3O4S/c1-6-8-16-35-32(39)30(7-2)36(20-27-28(33)10-9-11-29(27)34)31(38)21-37(25-18-23(4)17-24(5)19-25)42(40,41)26-14-12-22(3)13-15-26/h9-15,17-19,30H,6-8,16,20-21H2,1-5H3,(H,35,39). The van der Waals surface area contributed by atoms with Crippen molar-refractivity contribution in [2.24, 2.45) is 0 Å². The lowest BCUT2D eigenvalue weighted by molar-refractivity contribution is -0.140. The van der Waals surface area contributed by atoms with E-state index in [4.69, 9.17) is 23.2 Å². The lowest BCUT2D eigenvalue weighted by Gasteiger charge is -2.33. The van der Waals surface area contributed by atoms with Crippen LogP contribution in [-0.4, -0.2) is 44.3 Å². The molecule has 1 N–H and O–H groups in total. The van der Waals surface area contributed by atoms with Crippen molar-refractivity contribution >= 4 is 50.7 Å². The van der Waals surface area contributed by atoms with Gasteiger partial charge in [-0.1, -0.05) is 73.3 Å². The maximum absolute atomic E-state index is 14.2. The Kier molecular flexibility index (Phi) is 11.9. The van der Waals surface area contributed by atoms with Crippen LogP contribution in [0, 0.1) is 20.8 Å². The van der Waals surface area contributed by atoms with Gasteiger partial charge in [0.15, 0.2) is 0 Å². The molecule has 0 spiro atoms. The summed E-state index contributed by atoms with van der Waals surface area (Å²) in [6.07, 6.45) is 2.00. The molecule has 1 atom stereocenters. The monoisotopic (exact) mass is 631 g/mol. The predicted octanol–water partition coefficient (Wildman–Crippen LogP) is 6.84. The number of hydrogen-bond donors (Lipinski definition) is 1. The molecule has 0 aliphatic rings. The Morgan fingerprint density at radius 3 is 2.02 bits per heavy atom. The first-order valence-electron chi connectivity index (χ1n) is 14.1. The highest BCUT2D eigenvalue weighted by molar-refractivity contribution is 7.92. The van der Waals surface area contributed by atoms with Crippen molar-refractivity contribution < 1.29 is 18.0 Å². The Balaban J connectivity index is 2.11. The summed E-state index contributed by atoms with van der Waals surface area (Å²) in [6, 6.07) is 16.0. The Morgan fingerprint density at radius 2 is 1.48 bits per heavy atom. The molecule has 0 aliphatic carbocycles. The van der Waals surface area contributed by atoms with E-state index in [0.29, 0.717) is 34.3 Å². The fraction of sp³-hybridized carbons (Fsp3) is 0.375. The number of carbonyl (C=O) groups excluding carboxylic acids is 2. The second-order valence-corrected chi connectivity index (χ2v) is 13.1. The number of rotatable bonds is 13. The summed E-state index contributed by atoms with van der Waals surface area (Å²) in [5.74, 6) is -0.875. The topological polar surface area (TPSA) is 86.8 Å². The van der Waals surface area contributed by atoms with Gasteiger partial charge < -0.3 is 10.2 Å². The fourth-order valence-corrected chi connectivity index (χ4v) is 6.66. The molecule has 3 aromatic rings. The second-order valence-electron chi connectivity index (χ2n) is 10.5. The molecular formula is C32H39Cl2N3O4S. The van der Waals surface area contributed by atoms with E-state index >= 15 is 0 Å². The summed E-state index contributed by atoms with van der Waals surface area (Å²) in [6.45, 7) is 9.32. The van der Waals surface area contributed by atoms with Crippen LogP contribution in [-0.2, 0) is 26.2 Å². The Bertz CT molecular complexity index is 1470. The van der Waals surface area contributed by atoms with Crippen molar-refractivity contribution in [3.63, 3.8) is 0 Å². The average Bonchev–Trinajstić information content (AvgIpc) is 2.92. The summed E-state index contributed by atoms with van der Waals surface area (Å²) in [7, 11) is -4.16. The van der Waals surface area contributed by atoms with Crippen molar-refractivity contribution in [1.82, 2.24) is 10.2 Å². The highest BCUT2D eigenvalue weighted by Gasteiger charge is 2.34. The van der Waals surface area contributed by atoms with Crippen molar-refractivity contribution in [3.05, 3.63) is 93.0 Å². The smallest absolute Gasteiger partial charge is 0.264 e. The van der Waals surface area contributed by atoms with Crippen molar-refractivity contribution in [2.45, 2.75) is 71.4 Å². The molecule has 42 heavy (non-hydrogen) atoms. The molecule has 2 amide bonds. The molecule has 0 aromatic heterocycles.